The molecule has 94 valence electrons. The highest BCUT2D eigenvalue weighted by molar-refractivity contribution is 5.92. The van der Waals surface area contributed by atoms with Crippen LogP contribution in [0.25, 0.3) is 0 Å². The molecular formula is C12H18N2O3. The number of oxazole rings is 1. The lowest BCUT2D eigenvalue weighted by Gasteiger charge is -2.37. The van der Waals surface area contributed by atoms with E-state index in [-0.39, 0.29) is 12.5 Å². The average molecular weight is 238 g/mol. The highest BCUT2D eigenvalue weighted by atomic mass is 16.3. The SMILES string of the molecule is Cc1ncoc1C(=O)N(CCCO)C1CCC1. The highest BCUT2D eigenvalue weighted by Crippen LogP contribution is 2.26. The van der Waals surface area contributed by atoms with E-state index in [9.17, 15) is 4.79 Å². The van der Waals surface area contributed by atoms with Crippen LogP contribution in [0.1, 0.15) is 41.9 Å². The van der Waals surface area contributed by atoms with Gasteiger partial charge in [-0.15, -0.1) is 0 Å². The number of aliphatic hydroxyl groups is 1. The smallest absolute Gasteiger partial charge is 0.291 e. The van der Waals surface area contributed by atoms with E-state index in [0.29, 0.717) is 30.5 Å². The molecule has 1 heterocycles. The van der Waals surface area contributed by atoms with Gasteiger partial charge in [0.05, 0.1) is 5.69 Å². The zero-order valence-corrected chi connectivity index (χ0v) is 10.1. The molecule has 1 aromatic rings. The third kappa shape index (κ3) is 2.49. The van der Waals surface area contributed by atoms with Gasteiger partial charge in [0, 0.05) is 19.2 Å². The van der Waals surface area contributed by atoms with Gasteiger partial charge in [-0.25, -0.2) is 4.98 Å². The molecule has 0 spiro atoms. The molecule has 5 heteroatoms. The normalized spacial score (nSPS) is 15.6. The number of aromatic nitrogens is 1. The van der Waals surface area contributed by atoms with Gasteiger partial charge in [-0.1, -0.05) is 0 Å². The molecule has 1 fully saturated rings. The first-order chi connectivity index (χ1) is 8.24. The molecule has 1 aromatic heterocycles. The Hall–Kier alpha value is -1.36. The molecule has 2 rings (SSSR count). The summed E-state index contributed by atoms with van der Waals surface area (Å²) in [7, 11) is 0. The molecule has 0 atom stereocenters. The van der Waals surface area contributed by atoms with Crippen LogP contribution in [0.4, 0.5) is 0 Å². The number of carbonyl (C=O) groups excluding carboxylic acids is 1. The van der Waals surface area contributed by atoms with E-state index in [1.54, 1.807) is 6.92 Å². The van der Waals surface area contributed by atoms with E-state index in [4.69, 9.17) is 9.52 Å². The minimum Gasteiger partial charge on any atom is -0.438 e. The number of hydrogen-bond acceptors (Lipinski definition) is 4. The van der Waals surface area contributed by atoms with E-state index in [2.05, 4.69) is 4.98 Å². The monoisotopic (exact) mass is 238 g/mol. The first kappa shape index (κ1) is 12.1. The van der Waals surface area contributed by atoms with Gasteiger partial charge in [0.1, 0.15) is 0 Å². The van der Waals surface area contributed by atoms with Crippen LogP contribution in [0.2, 0.25) is 0 Å². The van der Waals surface area contributed by atoms with Crippen molar-refractivity contribution in [3.63, 3.8) is 0 Å². The van der Waals surface area contributed by atoms with Crippen molar-refractivity contribution >= 4 is 5.91 Å². The molecular weight excluding hydrogens is 220 g/mol. The van der Waals surface area contributed by atoms with Gasteiger partial charge in [-0.2, -0.15) is 0 Å². The number of rotatable bonds is 5. The van der Waals surface area contributed by atoms with Gasteiger partial charge in [-0.05, 0) is 32.6 Å². The van der Waals surface area contributed by atoms with Crippen LogP contribution in [0.5, 0.6) is 0 Å². The Morgan fingerprint density at radius 3 is 2.88 bits per heavy atom. The predicted octanol–water partition coefficient (Wildman–Crippen LogP) is 1.36. The molecule has 0 radical (unpaired) electrons. The zero-order valence-electron chi connectivity index (χ0n) is 10.1. The summed E-state index contributed by atoms with van der Waals surface area (Å²) in [6, 6.07) is 0.304. The Morgan fingerprint density at radius 2 is 2.41 bits per heavy atom. The zero-order chi connectivity index (χ0) is 12.3. The summed E-state index contributed by atoms with van der Waals surface area (Å²) in [5.74, 6) is 0.230. The van der Waals surface area contributed by atoms with Crippen LogP contribution in [0.15, 0.2) is 10.8 Å². The van der Waals surface area contributed by atoms with Crippen molar-refractivity contribution in [2.45, 2.75) is 38.6 Å². The second kappa shape index (κ2) is 5.31. The van der Waals surface area contributed by atoms with Gasteiger partial charge in [0.25, 0.3) is 5.91 Å². The predicted molar refractivity (Wildman–Crippen MR) is 61.6 cm³/mol. The fourth-order valence-electron chi connectivity index (χ4n) is 2.03. The number of aliphatic hydroxyl groups excluding tert-OH is 1. The lowest BCUT2D eigenvalue weighted by atomic mass is 9.91. The summed E-state index contributed by atoms with van der Waals surface area (Å²) in [5, 5.41) is 8.88. The van der Waals surface area contributed by atoms with Crippen LogP contribution in [-0.4, -0.2) is 40.1 Å². The molecule has 5 nitrogen and oxygen atoms in total. The van der Waals surface area contributed by atoms with Crippen LogP contribution >= 0.6 is 0 Å². The molecule has 1 amide bonds. The van der Waals surface area contributed by atoms with Crippen molar-refractivity contribution in [3.05, 3.63) is 17.8 Å². The minimum absolute atomic E-state index is 0.0989. The van der Waals surface area contributed by atoms with Crippen LogP contribution in [0, 0.1) is 6.92 Å². The van der Waals surface area contributed by atoms with Gasteiger partial charge in [-0.3, -0.25) is 4.79 Å². The summed E-state index contributed by atoms with van der Waals surface area (Å²) in [5.41, 5.74) is 0.628. The summed E-state index contributed by atoms with van der Waals surface area (Å²) < 4.78 is 5.14. The molecule has 0 bridgehead atoms. The Bertz CT molecular complexity index is 385. The second-order valence-corrected chi connectivity index (χ2v) is 4.43. The van der Waals surface area contributed by atoms with Crippen molar-refractivity contribution in [2.24, 2.45) is 0 Å². The molecule has 1 aliphatic rings. The van der Waals surface area contributed by atoms with Crippen molar-refractivity contribution in [2.75, 3.05) is 13.2 Å². The summed E-state index contributed by atoms with van der Waals surface area (Å²) >= 11 is 0. The van der Waals surface area contributed by atoms with E-state index in [1.165, 1.54) is 12.8 Å². The standard InChI is InChI=1S/C12H18N2O3/c1-9-11(17-8-13-9)12(16)14(6-3-7-15)10-4-2-5-10/h8,10,15H,2-7H2,1H3. The third-order valence-electron chi connectivity index (χ3n) is 3.27. The van der Waals surface area contributed by atoms with Gasteiger partial charge >= 0.3 is 0 Å². The minimum atomic E-state index is -0.0989. The Labute approximate surface area is 100 Å². The first-order valence-electron chi connectivity index (χ1n) is 6.06. The number of nitrogens with zero attached hydrogens (tertiary/aromatic N) is 2. The van der Waals surface area contributed by atoms with E-state index >= 15 is 0 Å². The van der Waals surface area contributed by atoms with E-state index in [1.807, 2.05) is 4.90 Å². The molecule has 0 aromatic carbocycles. The van der Waals surface area contributed by atoms with Gasteiger partial charge in [0.15, 0.2) is 6.39 Å². The summed E-state index contributed by atoms with van der Waals surface area (Å²) in [6.07, 6.45) is 5.17. The maximum Gasteiger partial charge on any atom is 0.291 e. The molecule has 0 aliphatic heterocycles. The third-order valence-corrected chi connectivity index (χ3v) is 3.27. The average Bonchev–Trinajstić information content (AvgIpc) is 2.67. The number of carbonyl (C=O) groups is 1. The van der Waals surface area contributed by atoms with E-state index < -0.39 is 0 Å². The highest BCUT2D eigenvalue weighted by Gasteiger charge is 2.31. The molecule has 0 saturated heterocycles. The van der Waals surface area contributed by atoms with Crippen LogP contribution in [-0.2, 0) is 0 Å². The Balaban J connectivity index is 2.09. The molecule has 1 N–H and O–H groups in total. The maximum absolute atomic E-state index is 12.3. The summed E-state index contributed by atoms with van der Waals surface area (Å²) in [6.45, 7) is 2.45. The van der Waals surface area contributed by atoms with Crippen LogP contribution < -0.4 is 0 Å². The summed E-state index contributed by atoms with van der Waals surface area (Å²) in [4.78, 5) is 18.0. The van der Waals surface area contributed by atoms with Crippen molar-refractivity contribution in [3.8, 4) is 0 Å². The molecule has 17 heavy (non-hydrogen) atoms. The Morgan fingerprint density at radius 1 is 1.65 bits per heavy atom. The van der Waals surface area contributed by atoms with Gasteiger partial charge < -0.3 is 14.4 Å². The number of amides is 1. The molecule has 1 aliphatic carbocycles. The number of aryl methyl sites for hydroxylation is 1. The quantitative estimate of drug-likeness (QED) is 0.841. The maximum atomic E-state index is 12.3. The van der Waals surface area contributed by atoms with Crippen molar-refractivity contribution < 1.29 is 14.3 Å². The molecule has 0 unspecified atom stereocenters. The number of hydrogen-bond donors (Lipinski definition) is 1. The van der Waals surface area contributed by atoms with Crippen LogP contribution in [0.3, 0.4) is 0 Å². The van der Waals surface area contributed by atoms with E-state index in [0.717, 1.165) is 12.8 Å². The fraction of sp³-hybridized carbons (Fsp3) is 0.667. The van der Waals surface area contributed by atoms with Crippen molar-refractivity contribution in [1.29, 1.82) is 0 Å². The topological polar surface area (TPSA) is 66.6 Å². The van der Waals surface area contributed by atoms with Crippen molar-refractivity contribution in [1.82, 2.24) is 9.88 Å². The second-order valence-electron chi connectivity index (χ2n) is 4.43. The largest absolute Gasteiger partial charge is 0.438 e. The lowest BCUT2D eigenvalue weighted by Crippen LogP contribution is -2.45. The molecule has 1 saturated carbocycles. The first-order valence-corrected chi connectivity index (χ1v) is 6.06. The Kier molecular flexibility index (Phi) is 3.78. The fourth-order valence-corrected chi connectivity index (χ4v) is 2.03. The lowest BCUT2D eigenvalue weighted by molar-refractivity contribution is 0.0529. The van der Waals surface area contributed by atoms with Gasteiger partial charge in [0.2, 0.25) is 5.76 Å².